The second kappa shape index (κ2) is 8.01. The molecule has 0 atom stereocenters. The Morgan fingerprint density at radius 1 is 0.963 bits per heavy atom. The van der Waals surface area contributed by atoms with E-state index >= 15 is 0 Å². The summed E-state index contributed by atoms with van der Waals surface area (Å²) in [5, 5.41) is 33.7. The van der Waals surface area contributed by atoms with Gasteiger partial charge < -0.3 is 24.8 Å². The number of aromatic hydroxyl groups is 2. The first-order valence-electron chi connectivity index (χ1n) is 8.59. The molecule has 0 saturated carbocycles. The number of aliphatic hydroxyl groups excluding tert-OH is 1. The quantitative estimate of drug-likeness (QED) is 0.591. The van der Waals surface area contributed by atoms with Crippen molar-refractivity contribution in [2.75, 3.05) is 20.3 Å². The molecular weight excluding hydrogens is 348 g/mol. The number of phenols is 2. The van der Waals surface area contributed by atoms with Crippen LogP contribution < -0.4 is 9.47 Å². The smallest absolute Gasteiger partial charge is 0.161 e. The molecule has 1 aromatic heterocycles. The number of rotatable bonds is 7. The van der Waals surface area contributed by atoms with Crippen LogP contribution in [0.1, 0.15) is 6.92 Å². The zero-order valence-corrected chi connectivity index (χ0v) is 15.2. The Morgan fingerprint density at radius 2 is 1.63 bits per heavy atom. The predicted molar refractivity (Wildman–Crippen MR) is 101 cm³/mol. The molecule has 0 bridgehead atoms. The van der Waals surface area contributed by atoms with Crippen LogP contribution in [0, 0.1) is 0 Å². The predicted octanol–water partition coefficient (Wildman–Crippen LogP) is 3.03. The van der Waals surface area contributed by atoms with E-state index in [4.69, 9.17) is 9.47 Å². The van der Waals surface area contributed by atoms with Crippen LogP contribution in [-0.4, -0.2) is 45.4 Å². The third-order valence-electron chi connectivity index (χ3n) is 4.12. The number of methoxy groups -OCH3 is 1. The van der Waals surface area contributed by atoms with Gasteiger partial charge in [0.15, 0.2) is 23.0 Å². The second-order valence-electron chi connectivity index (χ2n) is 5.86. The van der Waals surface area contributed by atoms with Crippen molar-refractivity contribution < 1.29 is 24.8 Å². The monoisotopic (exact) mass is 370 g/mol. The van der Waals surface area contributed by atoms with E-state index in [0.29, 0.717) is 30.3 Å². The van der Waals surface area contributed by atoms with E-state index in [0.717, 1.165) is 16.8 Å². The number of aromatic nitrogens is 2. The summed E-state index contributed by atoms with van der Waals surface area (Å²) in [6.45, 7) is 2.53. The molecular formula is C20H22N2O5. The van der Waals surface area contributed by atoms with Crippen LogP contribution in [0.5, 0.6) is 23.0 Å². The summed E-state index contributed by atoms with van der Waals surface area (Å²) in [7, 11) is 1.49. The molecule has 27 heavy (non-hydrogen) atoms. The van der Waals surface area contributed by atoms with Crippen molar-refractivity contribution >= 4 is 0 Å². The minimum Gasteiger partial charge on any atom is -0.504 e. The van der Waals surface area contributed by atoms with E-state index in [1.807, 2.05) is 13.0 Å². The molecule has 0 spiro atoms. The van der Waals surface area contributed by atoms with Crippen molar-refractivity contribution in [1.82, 2.24) is 9.78 Å². The highest BCUT2D eigenvalue weighted by Crippen LogP contribution is 2.35. The molecule has 0 fully saturated rings. The Labute approximate surface area is 157 Å². The van der Waals surface area contributed by atoms with E-state index in [1.165, 1.54) is 7.11 Å². The van der Waals surface area contributed by atoms with E-state index in [9.17, 15) is 15.3 Å². The van der Waals surface area contributed by atoms with Crippen molar-refractivity contribution in [3.8, 4) is 45.5 Å². The van der Waals surface area contributed by atoms with Crippen molar-refractivity contribution in [1.29, 1.82) is 0 Å². The number of hydrogen-bond donors (Lipinski definition) is 3. The standard InChI is InChI=1S/C20H22N2O5/c1-3-27-20-10-13(4-6-18(20)25)15-12-16(22(21-15)8-9-23)14-5-7-17(24)19(11-14)26-2/h4-7,10-12,23-25H,3,8-9H2,1-2H3. The molecule has 1 heterocycles. The number of aliphatic hydroxyl groups is 1. The molecule has 7 heteroatoms. The summed E-state index contributed by atoms with van der Waals surface area (Å²) in [6.07, 6.45) is 0. The van der Waals surface area contributed by atoms with Crippen LogP contribution in [0.3, 0.4) is 0 Å². The fourth-order valence-electron chi connectivity index (χ4n) is 2.84. The number of hydrogen-bond acceptors (Lipinski definition) is 6. The van der Waals surface area contributed by atoms with Gasteiger partial charge in [-0.1, -0.05) is 0 Å². The Bertz CT molecular complexity index is 936. The van der Waals surface area contributed by atoms with Gasteiger partial charge in [-0.3, -0.25) is 4.68 Å². The molecule has 2 aromatic carbocycles. The molecule has 7 nitrogen and oxygen atoms in total. The summed E-state index contributed by atoms with van der Waals surface area (Å²) in [5.74, 6) is 0.863. The van der Waals surface area contributed by atoms with E-state index in [1.54, 1.807) is 41.1 Å². The van der Waals surface area contributed by atoms with Gasteiger partial charge in [0, 0.05) is 11.1 Å². The minimum absolute atomic E-state index is 0.0505. The lowest BCUT2D eigenvalue weighted by Gasteiger charge is -2.08. The fraction of sp³-hybridized carbons (Fsp3) is 0.250. The fourth-order valence-corrected chi connectivity index (χ4v) is 2.84. The summed E-state index contributed by atoms with van der Waals surface area (Å²) in [4.78, 5) is 0. The topological polar surface area (TPSA) is 97.0 Å². The third kappa shape index (κ3) is 3.83. The van der Waals surface area contributed by atoms with Gasteiger partial charge in [-0.05, 0) is 49.4 Å². The maximum absolute atomic E-state index is 9.90. The first kappa shape index (κ1) is 18.6. The van der Waals surface area contributed by atoms with E-state index in [-0.39, 0.29) is 18.1 Å². The number of nitrogens with zero attached hydrogens (tertiary/aromatic N) is 2. The Kier molecular flexibility index (Phi) is 5.52. The Balaban J connectivity index is 2.07. The lowest BCUT2D eigenvalue weighted by atomic mass is 10.1. The first-order chi connectivity index (χ1) is 13.1. The van der Waals surface area contributed by atoms with E-state index < -0.39 is 0 Å². The van der Waals surface area contributed by atoms with Crippen molar-refractivity contribution in [3.63, 3.8) is 0 Å². The highest BCUT2D eigenvalue weighted by Gasteiger charge is 2.15. The zero-order chi connectivity index (χ0) is 19.4. The Morgan fingerprint density at radius 3 is 2.30 bits per heavy atom. The third-order valence-corrected chi connectivity index (χ3v) is 4.12. The van der Waals surface area contributed by atoms with E-state index in [2.05, 4.69) is 5.10 Å². The molecule has 0 aliphatic rings. The largest absolute Gasteiger partial charge is 0.504 e. The molecule has 3 aromatic rings. The molecule has 0 aliphatic carbocycles. The van der Waals surface area contributed by atoms with Crippen molar-refractivity contribution in [2.24, 2.45) is 0 Å². The van der Waals surface area contributed by atoms with Crippen LogP contribution in [0.2, 0.25) is 0 Å². The molecule has 0 saturated heterocycles. The summed E-state index contributed by atoms with van der Waals surface area (Å²) < 4.78 is 12.3. The summed E-state index contributed by atoms with van der Waals surface area (Å²) >= 11 is 0. The highest BCUT2D eigenvalue weighted by atomic mass is 16.5. The number of ether oxygens (including phenoxy) is 2. The van der Waals surface area contributed by atoms with Gasteiger partial charge in [-0.15, -0.1) is 0 Å². The average Bonchev–Trinajstić information content (AvgIpc) is 3.08. The summed E-state index contributed by atoms with van der Waals surface area (Å²) in [5.41, 5.74) is 3.01. The zero-order valence-electron chi connectivity index (χ0n) is 15.2. The van der Waals surface area contributed by atoms with Crippen LogP contribution in [0.4, 0.5) is 0 Å². The molecule has 0 amide bonds. The molecule has 0 unspecified atom stereocenters. The second-order valence-corrected chi connectivity index (χ2v) is 5.86. The van der Waals surface area contributed by atoms with Gasteiger partial charge in [0.1, 0.15) is 0 Å². The van der Waals surface area contributed by atoms with Crippen LogP contribution in [0.15, 0.2) is 42.5 Å². The average molecular weight is 370 g/mol. The molecule has 142 valence electrons. The van der Waals surface area contributed by atoms with Crippen LogP contribution in [0.25, 0.3) is 22.5 Å². The lowest BCUT2D eigenvalue weighted by Crippen LogP contribution is -2.05. The Hall–Kier alpha value is -3.19. The maximum Gasteiger partial charge on any atom is 0.161 e. The number of benzene rings is 2. The normalized spacial score (nSPS) is 10.8. The van der Waals surface area contributed by atoms with Gasteiger partial charge in [0.2, 0.25) is 0 Å². The van der Waals surface area contributed by atoms with Gasteiger partial charge in [0.25, 0.3) is 0 Å². The van der Waals surface area contributed by atoms with Gasteiger partial charge in [0.05, 0.1) is 38.3 Å². The van der Waals surface area contributed by atoms with Crippen LogP contribution in [-0.2, 0) is 6.54 Å². The van der Waals surface area contributed by atoms with Crippen molar-refractivity contribution in [2.45, 2.75) is 13.5 Å². The molecule has 0 aliphatic heterocycles. The van der Waals surface area contributed by atoms with Gasteiger partial charge in [-0.2, -0.15) is 5.10 Å². The molecule has 3 N–H and O–H groups in total. The lowest BCUT2D eigenvalue weighted by molar-refractivity contribution is 0.270. The van der Waals surface area contributed by atoms with Gasteiger partial charge >= 0.3 is 0 Å². The molecule has 3 rings (SSSR count). The summed E-state index contributed by atoms with van der Waals surface area (Å²) in [6, 6.07) is 12.0. The molecule has 0 radical (unpaired) electrons. The minimum atomic E-state index is -0.0664. The van der Waals surface area contributed by atoms with Crippen LogP contribution >= 0.6 is 0 Å². The SMILES string of the molecule is CCOc1cc(-c2cc(-c3ccc(O)c(OC)c3)n(CCO)n2)ccc1O. The highest BCUT2D eigenvalue weighted by molar-refractivity contribution is 5.72. The number of phenolic OH excluding ortho intramolecular Hbond substituents is 2. The first-order valence-corrected chi connectivity index (χ1v) is 8.59. The van der Waals surface area contributed by atoms with Crippen molar-refractivity contribution in [3.05, 3.63) is 42.5 Å². The van der Waals surface area contributed by atoms with Gasteiger partial charge in [-0.25, -0.2) is 0 Å². The maximum atomic E-state index is 9.90.